The van der Waals surface area contributed by atoms with Crippen LogP contribution < -0.4 is 21.3 Å². The number of anilines is 5. The van der Waals surface area contributed by atoms with Gasteiger partial charge in [-0.3, -0.25) is 19.3 Å². The van der Waals surface area contributed by atoms with Gasteiger partial charge in [0.25, 0.3) is 11.8 Å². The van der Waals surface area contributed by atoms with Crippen molar-refractivity contribution in [1.82, 2.24) is 19.8 Å². The van der Waals surface area contributed by atoms with Gasteiger partial charge in [0.05, 0.1) is 18.1 Å². The number of carbonyl (C=O) groups excluding carboxylic acids is 3. The molecule has 1 fully saturated rings. The van der Waals surface area contributed by atoms with Crippen LogP contribution in [-0.2, 0) is 11.3 Å². The number of aromatic nitrogens is 2. The SMILES string of the molecule is C=CC(=O)Nc1cccc(Nc2ncc(NC(=O)c3cc(NC(=O)c4ccc(CN5CCN(C)CC5)cc4)ccc3C)cn2)c1. The van der Waals surface area contributed by atoms with Crippen LogP contribution in [0.15, 0.2) is 91.8 Å². The summed E-state index contributed by atoms with van der Waals surface area (Å²) in [6.07, 6.45) is 4.18. The molecule has 5 rings (SSSR count). The van der Waals surface area contributed by atoms with E-state index < -0.39 is 0 Å². The summed E-state index contributed by atoms with van der Waals surface area (Å²) in [5.41, 5.74) is 5.06. The largest absolute Gasteiger partial charge is 0.324 e. The third-order valence-corrected chi connectivity index (χ3v) is 7.44. The predicted molar refractivity (Wildman–Crippen MR) is 177 cm³/mol. The van der Waals surface area contributed by atoms with E-state index in [1.807, 2.05) is 37.3 Å². The van der Waals surface area contributed by atoms with Gasteiger partial charge < -0.3 is 26.2 Å². The number of rotatable bonds is 10. The number of aryl methyl sites for hydroxylation is 1. The zero-order valence-corrected chi connectivity index (χ0v) is 25.3. The molecule has 4 N–H and O–H groups in total. The Morgan fingerprint density at radius 1 is 0.800 bits per heavy atom. The molecule has 3 aromatic carbocycles. The fraction of sp³-hybridized carbons (Fsp3) is 0.206. The Balaban J connectivity index is 1.17. The van der Waals surface area contributed by atoms with Gasteiger partial charge in [-0.25, -0.2) is 9.97 Å². The highest BCUT2D eigenvalue weighted by molar-refractivity contribution is 6.08. The average molecular weight is 605 g/mol. The minimum atomic E-state index is -0.355. The molecule has 1 saturated heterocycles. The van der Waals surface area contributed by atoms with Gasteiger partial charge in [-0.05, 0) is 73.6 Å². The lowest BCUT2D eigenvalue weighted by Crippen LogP contribution is -2.43. The molecule has 1 aliphatic heterocycles. The molecule has 0 radical (unpaired) electrons. The summed E-state index contributed by atoms with van der Waals surface area (Å²) in [5, 5.41) is 11.5. The number of carbonyl (C=O) groups is 3. The molecule has 0 atom stereocenters. The number of benzene rings is 3. The summed E-state index contributed by atoms with van der Waals surface area (Å²) < 4.78 is 0. The zero-order valence-electron chi connectivity index (χ0n) is 25.3. The second-order valence-corrected chi connectivity index (χ2v) is 10.9. The topological polar surface area (TPSA) is 132 Å². The lowest BCUT2D eigenvalue weighted by molar-refractivity contribution is -0.111. The molecule has 45 heavy (non-hydrogen) atoms. The van der Waals surface area contributed by atoms with E-state index in [2.05, 4.69) is 54.7 Å². The van der Waals surface area contributed by atoms with Gasteiger partial charge in [-0.15, -0.1) is 0 Å². The normalized spacial score (nSPS) is 13.5. The van der Waals surface area contributed by atoms with Crippen molar-refractivity contribution in [1.29, 1.82) is 0 Å². The minimum Gasteiger partial charge on any atom is -0.324 e. The second-order valence-electron chi connectivity index (χ2n) is 10.9. The van der Waals surface area contributed by atoms with Crippen LogP contribution in [0.4, 0.5) is 28.7 Å². The quantitative estimate of drug-likeness (QED) is 0.188. The highest BCUT2D eigenvalue weighted by atomic mass is 16.2. The van der Waals surface area contributed by atoms with E-state index in [9.17, 15) is 14.4 Å². The van der Waals surface area contributed by atoms with Crippen LogP contribution in [0, 0.1) is 6.92 Å². The highest BCUT2D eigenvalue weighted by Gasteiger charge is 2.16. The molecule has 0 aliphatic carbocycles. The van der Waals surface area contributed by atoms with Gasteiger partial charge in [0.1, 0.15) is 0 Å². The van der Waals surface area contributed by atoms with Crippen LogP contribution in [-0.4, -0.2) is 70.7 Å². The maximum absolute atomic E-state index is 13.1. The van der Waals surface area contributed by atoms with Crippen LogP contribution in [0.1, 0.15) is 31.8 Å². The van der Waals surface area contributed by atoms with Gasteiger partial charge >= 0.3 is 0 Å². The third-order valence-electron chi connectivity index (χ3n) is 7.44. The summed E-state index contributed by atoms with van der Waals surface area (Å²) in [6, 6.07) is 19.9. The van der Waals surface area contributed by atoms with E-state index in [1.165, 1.54) is 24.0 Å². The summed E-state index contributed by atoms with van der Waals surface area (Å²) in [7, 11) is 2.14. The third kappa shape index (κ3) is 8.59. The Morgan fingerprint density at radius 3 is 2.18 bits per heavy atom. The molecule has 4 aromatic rings. The molecular formula is C34H36N8O3. The van der Waals surface area contributed by atoms with Crippen molar-refractivity contribution in [2.75, 3.05) is 54.5 Å². The number of nitrogens with zero attached hydrogens (tertiary/aromatic N) is 4. The summed E-state index contributed by atoms with van der Waals surface area (Å²) in [4.78, 5) is 51.0. The lowest BCUT2D eigenvalue weighted by atomic mass is 10.1. The molecule has 1 aliphatic rings. The van der Waals surface area contributed by atoms with E-state index in [4.69, 9.17) is 0 Å². The average Bonchev–Trinajstić information content (AvgIpc) is 3.04. The Kier molecular flexibility index (Phi) is 9.93. The number of piperazine rings is 1. The van der Waals surface area contributed by atoms with Gasteiger partial charge in [0.2, 0.25) is 11.9 Å². The summed E-state index contributed by atoms with van der Waals surface area (Å²) in [6.45, 7) is 10.3. The number of amides is 3. The fourth-order valence-corrected chi connectivity index (χ4v) is 4.83. The second kappa shape index (κ2) is 14.4. The van der Waals surface area contributed by atoms with Crippen LogP contribution in [0.5, 0.6) is 0 Å². The highest BCUT2D eigenvalue weighted by Crippen LogP contribution is 2.21. The molecule has 1 aromatic heterocycles. The molecule has 3 amide bonds. The molecule has 0 saturated carbocycles. The van der Waals surface area contributed by atoms with Gasteiger partial charge in [0.15, 0.2) is 0 Å². The molecule has 11 nitrogen and oxygen atoms in total. The molecule has 0 spiro atoms. The Bertz CT molecular complexity index is 1680. The van der Waals surface area contributed by atoms with Crippen LogP contribution in [0.25, 0.3) is 0 Å². The molecule has 2 heterocycles. The van der Waals surface area contributed by atoms with E-state index >= 15 is 0 Å². The van der Waals surface area contributed by atoms with Crippen molar-refractivity contribution in [3.63, 3.8) is 0 Å². The van der Waals surface area contributed by atoms with Crippen molar-refractivity contribution in [3.8, 4) is 0 Å². The maximum atomic E-state index is 13.1. The minimum absolute atomic E-state index is 0.249. The van der Waals surface area contributed by atoms with Gasteiger partial charge in [-0.1, -0.05) is 30.8 Å². The number of hydrogen-bond donors (Lipinski definition) is 4. The predicted octanol–water partition coefficient (Wildman–Crippen LogP) is 4.91. The number of nitrogens with one attached hydrogen (secondary N) is 4. The smallest absolute Gasteiger partial charge is 0.256 e. The van der Waals surface area contributed by atoms with E-state index in [1.54, 1.807) is 36.4 Å². The Hall–Kier alpha value is -5.39. The van der Waals surface area contributed by atoms with Crippen molar-refractivity contribution >= 4 is 46.4 Å². The maximum Gasteiger partial charge on any atom is 0.256 e. The summed E-state index contributed by atoms with van der Waals surface area (Å²) >= 11 is 0. The first-order valence-corrected chi connectivity index (χ1v) is 14.6. The first-order valence-electron chi connectivity index (χ1n) is 14.6. The van der Waals surface area contributed by atoms with E-state index in [0.717, 1.165) is 38.3 Å². The first kappa shape index (κ1) is 31.0. The Morgan fingerprint density at radius 2 is 1.47 bits per heavy atom. The molecule has 0 unspecified atom stereocenters. The van der Waals surface area contributed by atoms with Crippen LogP contribution >= 0.6 is 0 Å². The summed E-state index contributed by atoms with van der Waals surface area (Å²) in [5.74, 6) is -0.602. The molecule has 0 bridgehead atoms. The standard InChI is InChI=1S/C34H36N8O3/c1-4-31(43)37-26-6-5-7-27(18-26)40-34-35-20-29(21-36-34)39-33(45)30-19-28(13-8-23(30)2)38-32(44)25-11-9-24(10-12-25)22-42-16-14-41(3)15-17-42/h4-13,18-21H,1,14-17,22H2,2-3H3,(H,37,43)(H,38,44)(H,39,45)(H,35,36,40). The molecule has 230 valence electrons. The van der Waals surface area contributed by atoms with Crippen LogP contribution in [0.3, 0.4) is 0 Å². The van der Waals surface area contributed by atoms with Crippen molar-refractivity contribution < 1.29 is 14.4 Å². The Labute approximate surface area is 262 Å². The fourth-order valence-electron chi connectivity index (χ4n) is 4.83. The molecule has 11 heteroatoms. The number of likely N-dealkylation sites (N-methyl/N-ethyl adjacent to an activating group) is 1. The zero-order chi connectivity index (χ0) is 31.8. The monoisotopic (exact) mass is 604 g/mol. The number of hydrogen-bond acceptors (Lipinski definition) is 8. The van der Waals surface area contributed by atoms with Crippen LogP contribution in [0.2, 0.25) is 0 Å². The van der Waals surface area contributed by atoms with Gasteiger partial charge in [0, 0.05) is 60.9 Å². The van der Waals surface area contributed by atoms with E-state index in [0.29, 0.717) is 39.8 Å². The van der Waals surface area contributed by atoms with Crippen molar-refractivity contribution in [2.24, 2.45) is 0 Å². The van der Waals surface area contributed by atoms with Crippen molar-refractivity contribution in [3.05, 3.63) is 114 Å². The first-order chi connectivity index (χ1) is 21.7. The molecular weight excluding hydrogens is 568 g/mol. The lowest BCUT2D eigenvalue weighted by Gasteiger charge is -2.32. The van der Waals surface area contributed by atoms with E-state index in [-0.39, 0.29) is 17.7 Å². The van der Waals surface area contributed by atoms with Gasteiger partial charge in [-0.2, -0.15) is 0 Å². The van der Waals surface area contributed by atoms with Crippen molar-refractivity contribution in [2.45, 2.75) is 13.5 Å².